The maximum atomic E-state index is 9.52. The lowest BCUT2D eigenvalue weighted by Crippen LogP contribution is -2.51. The highest BCUT2D eigenvalue weighted by Gasteiger charge is 2.28. The number of aliphatic hydroxyl groups is 1. The Balaban J connectivity index is 2.32. The number of rotatable bonds is 4. The zero-order valence-electron chi connectivity index (χ0n) is 9.58. The Morgan fingerprint density at radius 3 is 2.50 bits per heavy atom. The molecular weight excluding hydrogens is 180 g/mol. The summed E-state index contributed by atoms with van der Waals surface area (Å²) in [6.45, 7) is 6.26. The molecule has 2 unspecified atom stereocenters. The van der Waals surface area contributed by atoms with Crippen molar-refractivity contribution in [2.45, 2.75) is 31.5 Å². The van der Waals surface area contributed by atoms with Gasteiger partial charge in [0.25, 0.3) is 0 Å². The summed E-state index contributed by atoms with van der Waals surface area (Å²) in [6.07, 6.45) is -0.354. The number of hydrogen-bond donors (Lipinski definition) is 2. The van der Waals surface area contributed by atoms with Gasteiger partial charge in [0, 0.05) is 12.1 Å². The predicted molar refractivity (Wildman–Crippen MR) is 56.4 cm³/mol. The van der Waals surface area contributed by atoms with E-state index in [4.69, 9.17) is 4.74 Å². The number of nitrogens with zero attached hydrogens (tertiary/aromatic N) is 1. The molecular formula is C10H22N2O2. The highest BCUT2D eigenvalue weighted by atomic mass is 16.5. The highest BCUT2D eigenvalue weighted by Crippen LogP contribution is 2.11. The van der Waals surface area contributed by atoms with Gasteiger partial charge in [-0.1, -0.05) is 0 Å². The molecule has 1 fully saturated rings. The third-order valence-electron chi connectivity index (χ3n) is 3.06. The molecule has 0 bridgehead atoms. The third-order valence-corrected chi connectivity index (χ3v) is 3.06. The van der Waals surface area contributed by atoms with Gasteiger partial charge in [-0.3, -0.25) is 0 Å². The molecule has 1 aliphatic rings. The van der Waals surface area contributed by atoms with Gasteiger partial charge in [-0.2, -0.15) is 0 Å². The van der Waals surface area contributed by atoms with Crippen LogP contribution in [0.2, 0.25) is 0 Å². The van der Waals surface area contributed by atoms with Crippen molar-refractivity contribution in [3.63, 3.8) is 0 Å². The lowest BCUT2D eigenvalue weighted by molar-refractivity contribution is 0.118. The monoisotopic (exact) mass is 202 g/mol. The molecule has 0 amide bonds. The van der Waals surface area contributed by atoms with E-state index in [1.807, 2.05) is 0 Å². The van der Waals surface area contributed by atoms with Gasteiger partial charge in [0.2, 0.25) is 0 Å². The number of ether oxygens (including phenoxy) is 1. The van der Waals surface area contributed by atoms with Gasteiger partial charge in [0.05, 0.1) is 25.4 Å². The van der Waals surface area contributed by atoms with Gasteiger partial charge < -0.3 is 20.1 Å². The second kappa shape index (κ2) is 4.57. The Morgan fingerprint density at radius 2 is 2.07 bits per heavy atom. The zero-order chi connectivity index (χ0) is 10.8. The fourth-order valence-corrected chi connectivity index (χ4v) is 1.28. The normalized spacial score (nSPS) is 28.7. The standard InChI is InChI=1S/C10H22N2O2/c1-10(2,12(3)4)7-11-8-5-14-6-9(8)13/h8-9,11,13H,5-7H2,1-4H3. The first-order valence-electron chi connectivity index (χ1n) is 5.10. The largest absolute Gasteiger partial charge is 0.389 e. The zero-order valence-corrected chi connectivity index (χ0v) is 9.58. The Morgan fingerprint density at radius 1 is 1.43 bits per heavy atom. The molecule has 84 valence electrons. The number of hydrogen-bond acceptors (Lipinski definition) is 4. The molecule has 0 aromatic carbocycles. The van der Waals surface area contributed by atoms with E-state index in [1.165, 1.54) is 0 Å². The van der Waals surface area contributed by atoms with Crippen molar-refractivity contribution in [2.24, 2.45) is 0 Å². The van der Waals surface area contributed by atoms with E-state index in [0.29, 0.717) is 13.2 Å². The SMILES string of the molecule is CN(C)C(C)(C)CNC1COCC1O. The minimum absolute atomic E-state index is 0.0919. The molecule has 0 aromatic heterocycles. The van der Waals surface area contributed by atoms with Gasteiger partial charge in [-0.15, -0.1) is 0 Å². The lowest BCUT2D eigenvalue weighted by Gasteiger charge is -2.34. The van der Waals surface area contributed by atoms with Gasteiger partial charge in [0.15, 0.2) is 0 Å². The summed E-state index contributed by atoms with van der Waals surface area (Å²) >= 11 is 0. The maximum absolute atomic E-state index is 9.52. The Bertz CT molecular complexity index is 183. The second-order valence-corrected chi connectivity index (χ2v) is 4.80. The van der Waals surface area contributed by atoms with Crippen molar-refractivity contribution in [1.82, 2.24) is 10.2 Å². The Labute approximate surface area is 86.2 Å². The van der Waals surface area contributed by atoms with E-state index in [1.54, 1.807) is 0 Å². The molecule has 0 aromatic rings. The maximum Gasteiger partial charge on any atom is 0.0948 e. The first-order valence-corrected chi connectivity index (χ1v) is 5.10. The van der Waals surface area contributed by atoms with Crippen LogP contribution in [0.1, 0.15) is 13.8 Å². The lowest BCUT2D eigenvalue weighted by atomic mass is 10.0. The predicted octanol–water partition coefficient (Wildman–Crippen LogP) is -0.324. The Kier molecular flexibility index (Phi) is 3.89. The van der Waals surface area contributed by atoms with Crippen LogP contribution in [0.15, 0.2) is 0 Å². The van der Waals surface area contributed by atoms with Crippen molar-refractivity contribution in [3.8, 4) is 0 Å². The van der Waals surface area contributed by atoms with Crippen LogP contribution in [0.25, 0.3) is 0 Å². The fourth-order valence-electron chi connectivity index (χ4n) is 1.28. The molecule has 1 saturated heterocycles. The second-order valence-electron chi connectivity index (χ2n) is 4.80. The van der Waals surface area contributed by atoms with Gasteiger partial charge in [-0.05, 0) is 27.9 Å². The number of aliphatic hydroxyl groups excluding tert-OH is 1. The summed E-state index contributed by atoms with van der Waals surface area (Å²) in [7, 11) is 4.12. The van der Waals surface area contributed by atoms with Crippen molar-refractivity contribution in [1.29, 1.82) is 0 Å². The minimum Gasteiger partial charge on any atom is -0.389 e. The van der Waals surface area contributed by atoms with Crippen LogP contribution in [0.5, 0.6) is 0 Å². The van der Waals surface area contributed by atoms with E-state index in [2.05, 4.69) is 38.2 Å². The summed E-state index contributed by atoms with van der Waals surface area (Å²) in [6, 6.07) is 0.0919. The topological polar surface area (TPSA) is 44.7 Å². The van der Waals surface area contributed by atoms with E-state index in [9.17, 15) is 5.11 Å². The molecule has 0 radical (unpaired) electrons. The summed E-state index contributed by atoms with van der Waals surface area (Å²) in [4.78, 5) is 2.17. The molecule has 0 spiro atoms. The van der Waals surface area contributed by atoms with Crippen LogP contribution in [0, 0.1) is 0 Å². The van der Waals surface area contributed by atoms with Crippen molar-refractivity contribution in [3.05, 3.63) is 0 Å². The molecule has 4 heteroatoms. The molecule has 1 rings (SSSR count). The van der Waals surface area contributed by atoms with Crippen molar-refractivity contribution >= 4 is 0 Å². The molecule has 14 heavy (non-hydrogen) atoms. The average Bonchev–Trinajstić information content (AvgIpc) is 2.47. The first kappa shape index (κ1) is 11.9. The minimum atomic E-state index is -0.354. The van der Waals surface area contributed by atoms with Crippen LogP contribution < -0.4 is 5.32 Å². The van der Waals surface area contributed by atoms with E-state index >= 15 is 0 Å². The number of nitrogens with one attached hydrogen (secondary N) is 1. The molecule has 2 N–H and O–H groups in total. The first-order chi connectivity index (χ1) is 6.43. The molecule has 1 aliphatic heterocycles. The molecule has 1 heterocycles. The molecule has 4 nitrogen and oxygen atoms in total. The van der Waals surface area contributed by atoms with Gasteiger partial charge in [0.1, 0.15) is 0 Å². The molecule has 2 atom stereocenters. The van der Waals surface area contributed by atoms with E-state index in [-0.39, 0.29) is 17.7 Å². The quantitative estimate of drug-likeness (QED) is 0.655. The summed E-state index contributed by atoms with van der Waals surface area (Å²) in [5.41, 5.74) is 0.0995. The van der Waals surface area contributed by atoms with E-state index < -0.39 is 0 Å². The van der Waals surface area contributed by atoms with E-state index in [0.717, 1.165) is 6.54 Å². The van der Waals surface area contributed by atoms with Crippen LogP contribution in [0.3, 0.4) is 0 Å². The summed E-state index contributed by atoms with van der Waals surface area (Å²) < 4.78 is 5.17. The summed E-state index contributed by atoms with van der Waals surface area (Å²) in [5.74, 6) is 0. The highest BCUT2D eigenvalue weighted by molar-refractivity contribution is 4.86. The van der Waals surface area contributed by atoms with Crippen molar-refractivity contribution < 1.29 is 9.84 Å². The van der Waals surface area contributed by atoms with Gasteiger partial charge >= 0.3 is 0 Å². The van der Waals surface area contributed by atoms with Gasteiger partial charge in [-0.25, -0.2) is 0 Å². The molecule has 0 saturated carbocycles. The smallest absolute Gasteiger partial charge is 0.0948 e. The van der Waals surface area contributed by atoms with Crippen LogP contribution >= 0.6 is 0 Å². The van der Waals surface area contributed by atoms with Crippen molar-refractivity contribution in [2.75, 3.05) is 33.9 Å². The van der Waals surface area contributed by atoms with Crippen LogP contribution in [0.4, 0.5) is 0 Å². The average molecular weight is 202 g/mol. The Hall–Kier alpha value is -0.160. The fraction of sp³-hybridized carbons (Fsp3) is 1.00. The van der Waals surface area contributed by atoms with Crippen LogP contribution in [-0.4, -0.2) is 61.5 Å². The van der Waals surface area contributed by atoms with Crippen LogP contribution in [-0.2, 0) is 4.74 Å². The third kappa shape index (κ3) is 2.92. The summed E-state index contributed by atoms with van der Waals surface area (Å²) in [5, 5.41) is 12.9. The number of likely N-dealkylation sites (N-methyl/N-ethyl adjacent to an activating group) is 1. The molecule has 0 aliphatic carbocycles.